The van der Waals surface area contributed by atoms with Crippen molar-refractivity contribution in [3.8, 4) is 0 Å². The van der Waals surface area contributed by atoms with Gasteiger partial charge in [0.1, 0.15) is 0 Å². The summed E-state index contributed by atoms with van der Waals surface area (Å²) in [7, 11) is 0. The molecule has 2 aromatic rings. The number of halogens is 1. The van der Waals surface area contributed by atoms with Gasteiger partial charge in [0.15, 0.2) is 5.69 Å². The predicted octanol–water partition coefficient (Wildman–Crippen LogP) is 2.41. The van der Waals surface area contributed by atoms with E-state index in [0.29, 0.717) is 18.1 Å². The lowest BCUT2D eigenvalue weighted by molar-refractivity contribution is 0.0943. The van der Waals surface area contributed by atoms with E-state index in [4.69, 9.17) is 11.6 Å². The molecule has 1 aliphatic rings. The fourth-order valence-corrected chi connectivity index (χ4v) is 3.11. The highest BCUT2D eigenvalue weighted by Crippen LogP contribution is 2.20. The molecule has 8 heteroatoms. The third-order valence-electron chi connectivity index (χ3n) is 4.31. The van der Waals surface area contributed by atoms with Gasteiger partial charge in [-0.3, -0.25) is 9.59 Å². The van der Waals surface area contributed by atoms with Crippen molar-refractivity contribution in [3.63, 3.8) is 0 Å². The fourth-order valence-electron chi connectivity index (χ4n) is 2.94. The second kappa shape index (κ2) is 8.81. The Balaban J connectivity index is 1.68. The monoisotopic (exact) mass is 387 g/mol. The molecular weight excluding hydrogens is 366 g/mol. The van der Waals surface area contributed by atoms with Gasteiger partial charge < -0.3 is 15.5 Å². The molecule has 142 valence electrons. The van der Waals surface area contributed by atoms with E-state index in [-0.39, 0.29) is 29.1 Å². The first-order valence-corrected chi connectivity index (χ1v) is 9.39. The maximum Gasteiger partial charge on any atom is 0.271 e. The summed E-state index contributed by atoms with van der Waals surface area (Å²) in [6, 6.07) is 7.12. The van der Waals surface area contributed by atoms with Gasteiger partial charge in [0.05, 0.1) is 11.2 Å². The average Bonchev–Trinajstić information content (AvgIpc) is 3.22. The minimum atomic E-state index is -0.369. The van der Waals surface area contributed by atoms with Crippen LogP contribution >= 0.6 is 11.6 Å². The summed E-state index contributed by atoms with van der Waals surface area (Å²) >= 11 is 6.12. The number of nitrogens with zero attached hydrogens (tertiary/aromatic N) is 3. The van der Waals surface area contributed by atoms with Crippen LogP contribution in [0.2, 0.25) is 5.02 Å². The number of hydrogen-bond acceptors (Lipinski definition) is 5. The van der Waals surface area contributed by atoms with Gasteiger partial charge in [0.25, 0.3) is 11.8 Å². The van der Waals surface area contributed by atoms with Crippen LogP contribution < -0.4 is 15.5 Å². The summed E-state index contributed by atoms with van der Waals surface area (Å²) in [5, 5.41) is 5.78. The number of benzene rings is 1. The Morgan fingerprint density at radius 2 is 1.96 bits per heavy atom. The topological polar surface area (TPSA) is 87.2 Å². The number of rotatable bonds is 6. The summed E-state index contributed by atoms with van der Waals surface area (Å²) < 4.78 is 0. The maximum absolute atomic E-state index is 12.5. The van der Waals surface area contributed by atoms with Crippen molar-refractivity contribution in [2.75, 3.05) is 24.5 Å². The lowest BCUT2D eigenvalue weighted by Gasteiger charge is -2.16. The molecule has 27 heavy (non-hydrogen) atoms. The van der Waals surface area contributed by atoms with Gasteiger partial charge in [-0.25, -0.2) is 9.97 Å². The molecule has 2 heterocycles. The van der Waals surface area contributed by atoms with E-state index in [1.165, 1.54) is 6.20 Å². The first-order valence-electron chi connectivity index (χ1n) is 9.01. The van der Waals surface area contributed by atoms with E-state index in [0.717, 1.165) is 31.5 Å². The lowest BCUT2D eigenvalue weighted by atomic mass is 10.1. The fraction of sp³-hybridized carbons (Fsp3) is 0.368. The molecule has 0 unspecified atom stereocenters. The van der Waals surface area contributed by atoms with Crippen LogP contribution in [-0.2, 0) is 6.54 Å². The molecule has 0 atom stereocenters. The molecule has 1 saturated heterocycles. The zero-order chi connectivity index (χ0) is 19.2. The quantitative estimate of drug-likeness (QED) is 0.794. The largest absolute Gasteiger partial charge is 0.352 e. The Kier molecular flexibility index (Phi) is 6.24. The summed E-state index contributed by atoms with van der Waals surface area (Å²) in [5.41, 5.74) is 1.53. The maximum atomic E-state index is 12.5. The van der Waals surface area contributed by atoms with Crippen molar-refractivity contribution < 1.29 is 9.59 Å². The first kappa shape index (κ1) is 19.1. The number of aromatic nitrogens is 2. The van der Waals surface area contributed by atoms with Gasteiger partial charge in [-0.05, 0) is 37.5 Å². The van der Waals surface area contributed by atoms with Crippen LogP contribution in [0.5, 0.6) is 0 Å². The molecule has 0 spiro atoms. The normalized spacial score (nSPS) is 13.5. The molecule has 1 aromatic carbocycles. The van der Waals surface area contributed by atoms with E-state index >= 15 is 0 Å². The molecule has 3 rings (SSSR count). The van der Waals surface area contributed by atoms with Crippen LogP contribution in [0.15, 0.2) is 30.5 Å². The number of anilines is 1. The predicted molar refractivity (Wildman–Crippen MR) is 104 cm³/mol. The van der Waals surface area contributed by atoms with Gasteiger partial charge in [-0.2, -0.15) is 0 Å². The zero-order valence-electron chi connectivity index (χ0n) is 15.2. The van der Waals surface area contributed by atoms with E-state index < -0.39 is 0 Å². The van der Waals surface area contributed by atoms with Crippen molar-refractivity contribution in [2.45, 2.75) is 26.3 Å². The van der Waals surface area contributed by atoms with Crippen molar-refractivity contribution in [1.82, 2.24) is 20.6 Å². The Morgan fingerprint density at radius 3 is 2.70 bits per heavy atom. The number of nitrogens with one attached hydrogen (secondary N) is 2. The third kappa shape index (κ3) is 4.74. The summed E-state index contributed by atoms with van der Waals surface area (Å²) in [5.74, 6) is 0.0197. The average molecular weight is 388 g/mol. The van der Waals surface area contributed by atoms with Crippen LogP contribution in [0.1, 0.15) is 46.2 Å². The Hall–Kier alpha value is -2.67. The first-order chi connectivity index (χ1) is 13.1. The number of hydrogen-bond donors (Lipinski definition) is 2. The van der Waals surface area contributed by atoms with Gasteiger partial charge in [0, 0.05) is 31.7 Å². The molecule has 1 aromatic heterocycles. The molecule has 0 aliphatic carbocycles. The van der Waals surface area contributed by atoms with Gasteiger partial charge in [-0.1, -0.05) is 23.7 Å². The standard InChI is InChI=1S/C19H22ClN5O2/c1-2-21-17(26)14-7-5-6-13(10-14)11-22-18(27)16-15(20)12-23-19(24-16)25-8-3-4-9-25/h5-7,10,12H,2-4,8-9,11H2,1H3,(H,21,26)(H,22,27). The summed E-state index contributed by atoms with van der Waals surface area (Å²) in [6.45, 7) is 4.46. The van der Waals surface area contributed by atoms with Gasteiger partial charge in [0.2, 0.25) is 5.95 Å². The second-order valence-electron chi connectivity index (χ2n) is 6.30. The number of carbonyl (C=O) groups excluding carboxylic acids is 2. The molecular formula is C19H22ClN5O2. The van der Waals surface area contributed by atoms with E-state index in [1.807, 2.05) is 17.9 Å². The van der Waals surface area contributed by atoms with Crippen molar-refractivity contribution >= 4 is 29.4 Å². The van der Waals surface area contributed by atoms with Crippen molar-refractivity contribution in [3.05, 3.63) is 52.3 Å². The molecule has 1 fully saturated rings. The molecule has 2 N–H and O–H groups in total. The number of carbonyl (C=O) groups is 2. The Labute approximate surface area is 163 Å². The summed E-state index contributed by atoms with van der Waals surface area (Å²) in [4.78, 5) is 35.1. The number of amides is 2. The minimum absolute atomic E-state index is 0.139. The lowest BCUT2D eigenvalue weighted by Crippen LogP contribution is -2.27. The van der Waals surface area contributed by atoms with Crippen LogP contribution in [0.25, 0.3) is 0 Å². The van der Waals surface area contributed by atoms with Gasteiger partial charge >= 0.3 is 0 Å². The van der Waals surface area contributed by atoms with Crippen molar-refractivity contribution in [1.29, 1.82) is 0 Å². The Morgan fingerprint density at radius 1 is 1.19 bits per heavy atom. The zero-order valence-corrected chi connectivity index (χ0v) is 15.9. The SMILES string of the molecule is CCNC(=O)c1cccc(CNC(=O)c2nc(N3CCCC3)ncc2Cl)c1. The van der Waals surface area contributed by atoms with E-state index in [2.05, 4.69) is 20.6 Å². The minimum Gasteiger partial charge on any atom is -0.352 e. The molecule has 0 bridgehead atoms. The van der Waals surface area contributed by atoms with Crippen molar-refractivity contribution in [2.24, 2.45) is 0 Å². The van der Waals surface area contributed by atoms with Crippen LogP contribution in [0.4, 0.5) is 5.95 Å². The van der Waals surface area contributed by atoms with Crippen LogP contribution in [0, 0.1) is 0 Å². The highest BCUT2D eigenvalue weighted by molar-refractivity contribution is 6.33. The second-order valence-corrected chi connectivity index (χ2v) is 6.71. The van der Waals surface area contributed by atoms with E-state index in [1.54, 1.807) is 18.2 Å². The van der Waals surface area contributed by atoms with Crippen LogP contribution in [0.3, 0.4) is 0 Å². The molecule has 2 amide bonds. The molecule has 1 aliphatic heterocycles. The summed E-state index contributed by atoms with van der Waals surface area (Å²) in [6.07, 6.45) is 3.65. The third-order valence-corrected chi connectivity index (χ3v) is 4.59. The molecule has 0 radical (unpaired) electrons. The van der Waals surface area contributed by atoms with E-state index in [9.17, 15) is 9.59 Å². The highest BCUT2D eigenvalue weighted by atomic mass is 35.5. The van der Waals surface area contributed by atoms with Gasteiger partial charge in [-0.15, -0.1) is 0 Å². The van der Waals surface area contributed by atoms with Crippen LogP contribution in [-0.4, -0.2) is 41.4 Å². The smallest absolute Gasteiger partial charge is 0.271 e. The Bertz CT molecular complexity index is 837. The molecule has 0 saturated carbocycles. The molecule has 7 nitrogen and oxygen atoms in total. The highest BCUT2D eigenvalue weighted by Gasteiger charge is 2.19.